The highest BCUT2D eigenvalue weighted by Crippen LogP contribution is 2.46. The molecule has 2 aromatic heterocycles. The van der Waals surface area contributed by atoms with Crippen LogP contribution in [0.4, 0.5) is 0 Å². The zero-order valence-electron chi connectivity index (χ0n) is 22.4. The Morgan fingerprint density at radius 1 is 0.659 bits per heavy atom. The maximum Gasteiger partial charge on any atom is 0.0903 e. The molecule has 6 heterocycles. The lowest BCUT2D eigenvalue weighted by Gasteiger charge is -2.14. The maximum atomic E-state index is 5.49. The summed E-state index contributed by atoms with van der Waals surface area (Å²) in [6.07, 6.45) is 3.27. The van der Waals surface area contributed by atoms with E-state index in [0.29, 0.717) is 12.2 Å². The quantitative estimate of drug-likeness (QED) is 0.0973. The minimum absolute atomic E-state index is 0.432. The third-order valence-electron chi connectivity index (χ3n) is 7.37. The molecule has 2 aromatic carbocycles. The van der Waals surface area contributed by atoms with Crippen LogP contribution in [0.3, 0.4) is 0 Å². The Bertz CT molecular complexity index is 1410. The molecule has 0 radical (unpaired) electrons. The molecule has 4 fully saturated rings. The highest BCUT2D eigenvalue weighted by atomic mass is 32.2. The van der Waals surface area contributed by atoms with Crippen molar-refractivity contribution in [3.8, 4) is 20.9 Å². The lowest BCUT2D eigenvalue weighted by atomic mass is 10.1. The minimum atomic E-state index is 0.432. The van der Waals surface area contributed by atoms with E-state index in [1.165, 1.54) is 75.9 Å². The van der Waals surface area contributed by atoms with Gasteiger partial charge in [-0.25, -0.2) is 0 Å². The monoisotopic (exact) mass is 670 g/mol. The first kappa shape index (κ1) is 28.0. The Morgan fingerprint density at radius 2 is 1.12 bits per heavy atom. The number of rotatable bonds is 14. The van der Waals surface area contributed by atoms with E-state index in [9.17, 15) is 0 Å². The molecular weight excluding hydrogens is 641 g/mol. The molecule has 4 aliphatic heterocycles. The SMILES string of the molecule is c1sc(-c2cc(SCC3CO3)ccc2Sc2ccc(SCC3CO3)cc2-c2cc(CC3CS3)cs2)cc1CC1CS1. The minimum Gasteiger partial charge on any atom is -0.372 e. The fourth-order valence-corrected chi connectivity index (χ4v) is 10.8. The van der Waals surface area contributed by atoms with Crippen molar-refractivity contribution >= 4 is 81.5 Å². The van der Waals surface area contributed by atoms with Crippen LogP contribution in [-0.4, -0.2) is 58.9 Å². The highest BCUT2D eigenvalue weighted by molar-refractivity contribution is 8.07. The zero-order valence-corrected chi connectivity index (χ0v) is 28.1. The van der Waals surface area contributed by atoms with Gasteiger partial charge in [-0.3, -0.25) is 0 Å². The third-order valence-corrected chi connectivity index (χ3v) is 14.7. The summed E-state index contributed by atoms with van der Waals surface area (Å²) in [6.45, 7) is 1.83. The smallest absolute Gasteiger partial charge is 0.0903 e. The third kappa shape index (κ3) is 7.60. The molecule has 0 saturated carbocycles. The first-order chi connectivity index (χ1) is 20.2. The second-order valence-electron chi connectivity index (χ2n) is 10.9. The average Bonchev–Trinajstić information content (AvgIpc) is 3.77. The Kier molecular flexibility index (Phi) is 8.53. The molecule has 212 valence electrons. The van der Waals surface area contributed by atoms with Crippen molar-refractivity contribution in [2.45, 2.75) is 55.1 Å². The van der Waals surface area contributed by atoms with Crippen LogP contribution in [0.1, 0.15) is 11.1 Å². The number of hydrogen-bond acceptors (Lipinski definition) is 9. The molecule has 41 heavy (non-hydrogen) atoms. The van der Waals surface area contributed by atoms with Gasteiger partial charge in [-0.15, -0.1) is 46.2 Å². The number of thiophene rings is 2. The van der Waals surface area contributed by atoms with Crippen molar-refractivity contribution in [2.75, 3.05) is 36.2 Å². The fraction of sp³-hybridized carbons (Fsp3) is 0.375. The molecule has 9 heteroatoms. The normalized spacial score (nSPS) is 24.0. The van der Waals surface area contributed by atoms with E-state index in [1.54, 1.807) is 0 Å². The summed E-state index contributed by atoms with van der Waals surface area (Å²) in [7, 11) is 0. The molecular formula is C32H30O2S7. The summed E-state index contributed by atoms with van der Waals surface area (Å²) < 4.78 is 11.0. The van der Waals surface area contributed by atoms with E-state index < -0.39 is 0 Å². The number of thioether (sulfide) groups is 4. The molecule has 0 aliphatic carbocycles. The predicted octanol–water partition coefficient (Wildman–Crippen LogP) is 9.59. The van der Waals surface area contributed by atoms with E-state index in [-0.39, 0.29) is 0 Å². The number of benzene rings is 2. The molecule has 4 aromatic rings. The Hall–Kier alpha value is -0.490. The van der Waals surface area contributed by atoms with Crippen LogP contribution >= 0.6 is 81.5 Å². The highest BCUT2D eigenvalue weighted by Gasteiger charge is 2.26. The Balaban J connectivity index is 1.12. The lowest BCUT2D eigenvalue weighted by Crippen LogP contribution is -1.91. The van der Waals surface area contributed by atoms with E-state index in [4.69, 9.17) is 9.47 Å². The van der Waals surface area contributed by atoms with E-state index in [2.05, 4.69) is 82.8 Å². The first-order valence-electron chi connectivity index (χ1n) is 14.1. The van der Waals surface area contributed by atoms with Crippen molar-refractivity contribution in [1.82, 2.24) is 0 Å². The molecule has 0 N–H and O–H groups in total. The molecule has 2 nitrogen and oxygen atoms in total. The van der Waals surface area contributed by atoms with Gasteiger partial charge < -0.3 is 9.47 Å². The standard InChI is InChI=1S/C32H30O2S7/c1-3-29(27(9-23(1)35-15-21-11-33-21)31-7-19(13-39-31)5-25-17-37-25)41-30-4-2-24(36-16-22-12-34-22)10-28(30)32-8-20(14-40-32)6-26-18-38-26/h1-4,7-10,13-14,21-22,25-26H,5-6,11-12,15-18H2. The van der Waals surface area contributed by atoms with Gasteiger partial charge in [0.15, 0.2) is 0 Å². The topological polar surface area (TPSA) is 25.1 Å². The van der Waals surface area contributed by atoms with Crippen LogP contribution in [0, 0.1) is 0 Å². The summed E-state index contributed by atoms with van der Waals surface area (Å²) in [6, 6.07) is 19.1. The number of epoxide rings is 2. The van der Waals surface area contributed by atoms with E-state index in [1.807, 2.05) is 58.0 Å². The predicted molar refractivity (Wildman–Crippen MR) is 184 cm³/mol. The molecule has 0 bridgehead atoms. The maximum absolute atomic E-state index is 5.49. The molecule has 4 unspecified atom stereocenters. The first-order valence-corrected chi connectivity index (χ1v) is 20.7. The largest absolute Gasteiger partial charge is 0.372 e. The summed E-state index contributed by atoms with van der Waals surface area (Å²) in [5.74, 6) is 4.71. The second kappa shape index (κ2) is 12.5. The van der Waals surface area contributed by atoms with Crippen LogP contribution in [0.2, 0.25) is 0 Å². The van der Waals surface area contributed by atoms with E-state index in [0.717, 1.165) is 35.2 Å². The van der Waals surface area contributed by atoms with Gasteiger partial charge in [-0.2, -0.15) is 23.5 Å². The number of hydrogen-bond donors (Lipinski definition) is 0. The van der Waals surface area contributed by atoms with Gasteiger partial charge in [-0.05, 0) is 83.3 Å². The molecule has 8 rings (SSSR count). The fourth-order valence-electron chi connectivity index (χ4n) is 4.73. The lowest BCUT2D eigenvalue weighted by molar-refractivity contribution is 0.426. The van der Waals surface area contributed by atoms with E-state index >= 15 is 0 Å². The Labute approximate surface area is 271 Å². The zero-order chi connectivity index (χ0) is 27.2. The molecule has 0 spiro atoms. The van der Waals surface area contributed by atoms with Crippen molar-refractivity contribution in [2.24, 2.45) is 0 Å². The second-order valence-corrected chi connectivity index (χ2v) is 18.7. The van der Waals surface area contributed by atoms with Gasteiger partial charge in [0.1, 0.15) is 0 Å². The van der Waals surface area contributed by atoms with Gasteiger partial charge in [0.05, 0.1) is 25.4 Å². The van der Waals surface area contributed by atoms with Gasteiger partial charge in [-0.1, -0.05) is 11.8 Å². The summed E-state index contributed by atoms with van der Waals surface area (Å²) in [5.41, 5.74) is 5.71. The van der Waals surface area contributed by atoms with Gasteiger partial charge in [0.25, 0.3) is 0 Å². The van der Waals surface area contributed by atoms with Crippen molar-refractivity contribution in [3.63, 3.8) is 0 Å². The van der Waals surface area contributed by atoms with Crippen molar-refractivity contribution < 1.29 is 9.47 Å². The van der Waals surface area contributed by atoms with Crippen LogP contribution in [0.25, 0.3) is 20.9 Å². The molecule has 0 amide bonds. The van der Waals surface area contributed by atoms with Crippen LogP contribution in [-0.2, 0) is 22.3 Å². The number of ether oxygens (including phenoxy) is 2. The summed E-state index contributed by atoms with van der Waals surface area (Å²) >= 11 is 13.8. The van der Waals surface area contributed by atoms with Gasteiger partial charge >= 0.3 is 0 Å². The van der Waals surface area contributed by atoms with Crippen molar-refractivity contribution in [1.29, 1.82) is 0 Å². The van der Waals surface area contributed by atoms with Crippen molar-refractivity contribution in [3.05, 3.63) is 70.4 Å². The molecule has 4 saturated heterocycles. The van der Waals surface area contributed by atoms with Crippen LogP contribution in [0.15, 0.2) is 78.9 Å². The van der Waals surface area contributed by atoms with Crippen LogP contribution in [0.5, 0.6) is 0 Å². The summed E-state index contributed by atoms with van der Waals surface area (Å²) in [5, 5.41) is 6.41. The van der Waals surface area contributed by atoms with Gasteiger partial charge in [0.2, 0.25) is 0 Å². The van der Waals surface area contributed by atoms with Crippen LogP contribution < -0.4 is 0 Å². The Morgan fingerprint density at radius 3 is 1.54 bits per heavy atom. The molecule has 4 atom stereocenters. The summed E-state index contributed by atoms with van der Waals surface area (Å²) in [4.78, 5) is 8.12. The average molecular weight is 671 g/mol. The molecule has 4 aliphatic rings. The van der Waals surface area contributed by atoms with Gasteiger partial charge in [0, 0.05) is 74.0 Å².